The highest BCUT2D eigenvalue weighted by Gasteiger charge is 2.02. The Morgan fingerprint density at radius 3 is 2.83 bits per heavy atom. The zero-order chi connectivity index (χ0) is 13.0. The summed E-state index contributed by atoms with van der Waals surface area (Å²) in [4.78, 5) is 1.18. The van der Waals surface area contributed by atoms with E-state index in [9.17, 15) is 0 Å². The summed E-state index contributed by atoms with van der Waals surface area (Å²) in [6, 6.07) is 12.6. The average Bonchev–Trinajstić information content (AvgIpc) is 2.84. The van der Waals surface area contributed by atoms with Crippen molar-refractivity contribution in [2.24, 2.45) is 0 Å². The Morgan fingerprint density at radius 1 is 1.33 bits per heavy atom. The summed E-state index contributed by atoms with van der Waals surface area (Å²) < 4.78 is 0. The van der Waals surface area contributed by atoms with Crippen molar-refractivity contribution in [3.05, 3.63) is 51.7 Å². The van der Waals surface area contributed by atoms with E-state index in [1.807, 2.05) is 11.4 Å². The van der Waals surface area contributed by atoms with E-state index in [2.05, 4.69) is 49.5 Å². The summed E-state index contributed by atoms with van der Waals surface area (Å²) in [5.41, 5.74) is 3.21. The van der Waals surface area contributed by atoms with Crippen LogP contribution in [-0.2, 0) is 6.54 Å². The molecule has 0 aliphatic heterocycles. The van der Waals surface area contributed by atoms with Gasteiger partial charge in [0.25, 0.3) is 0 Å². The maximum absolute atomic E-state index is 8.77. The molecule has 0 saturated heterocycles. The van der Waals surface area contributed by atoms with Crippen LogP contribution in [0.4, 0.5) is 5.69 Å². The molecule has 2 aromatic rings. The van der Waals surface area contributed by atoms with Crippen LogP contribution in [0.25, 0.3) is 0 Å². The van der Waals surface area contributed by atoms with Crippen LogP contribution in [-0.4, -0.2) is 0 Å². The van der Waals surface area contributed by atoms with Crippen LogP contribution in [0.3, 0.4) is 0 Å². The van der Waals surface area contributed by atoms with Crippen molar-refractivity contribution in [3.63, 3.8) is 0 Å². The van der Waals surface area contributed by atoms with Gasteiger partial charge in [0.05, 0.1) is 5.56 Å². The fraction of sp³-hybridized carbons (Fsp3) is 0.267. The SMILES string of the molecule is CC(C)c1cccc(NCc2cc(C#N)cs2)c1. The number of nitrogens with zero attached hydrogens (tertiary/aromatic N) is 1. The third-order valence-corrected chi connectivity index (χ3v) is 3.74. The van der Waals surface area contributed by atoms with Gasteiger partial charge in [-0.1, -0.05) is 26.0 Å². The first kappa shape index (κ1) is 12.7. The lowest BCUT2D eigenvalue weighted by atomic mass is 10.0. The van der Waals surface area contributed by atoms with E-state index >= 15 is 0 Å². The molecule has 1 aromatic heterocycles. The summed E-state index contributed by atoms with van der Waals surface area (Å²) in [7, 11) is 0. The predicted molar refractivity (Wildman–Crippen MR) is 76.9 cm³/mol. The Hall–Kier alpha value is -1.79. The molecule has 0 amide bonds. The fourth-order valence-corrected chi connectivity index (χ4v) is 2.48. The molecular weight excluding hydrogens is 240 g/mol. The van der Waals surface area contributed by atoms with Crippen molar-refractivity contribution in [1.82, 2.24) is 0 Å². The normalized spacial score (nSPS) is 10.3. The first-order valence-corrected chi connectivity index (χ1v) is 6.88. The molecule has 0 spiro atoms. The summed E-state index contributed by atoms with van der Waals surface area (Å²) in [5.74, 6) is 0.540. The van der Waals surface area contributed by atoms with Crippen molar-refractivity contribution >= 4 is 17.0 Å². The predicted octanol–water partition coefficient (Wildman–Crippen LogP) is 4.36. The summed E-state index contributed by atoms with van der Waals surface area (Å²) in [6.07, 6.45) is 0. The number of benzene rings is 1. The molecule has 0 radical (unpaired) electrons. The number of thiophene rings is 1. The van der Waals surface area contributed by atoms with Crippen molar-refractivity contribution in [1.29, 1.82) is 5.26 Å². The number of rotatable bonds is 4. The number of nitriles is 1. The van der Waals surface area contributed by atoms with Crippen LogP contribution >= 0.6 is 11.3 Å². The standard InChI is InChI=1S/C15H16N2S/c1-11(2)13-4-3-5-14(7-13)17-9-15-6-12(8-16)10-18-15/h3-7,10-11,17H,9H2,1-2H3. The molecule has 0 atom stereocenters. The molecule has 0 bridgehead atoms. The highest BCUT2D eigenvalue weighted by Crippen LogP contribution is 2.20. The van der Waals surface area contributed by atoms with Gasteiger partial charge in [0, 0.05) is 22.5 Å². The Bertz CT molecular complexity index is 564. The second-order valence-electron chi connectivity index (χ2n) is 4.55. The smallest absolute Gasteiger partial charge is 0.100 e. The summed E-state index contributed by atoms with van der Waals surface area (Å²) in [6.45, 7) is 5.16. The molecular formula is C15H16N2S. The van der Waals surface area contributed by atoms with Gasteiger partial charge in [-0.2, -0.15) is 5.26 Å². The van der Waals surface area contributed by atoms with Gasteiger partial charge in [0.2, 0.25) is 0 Å². The summed E-state index contributed by atoms with van der Waals surface area (Å²) >= 11 is 1.62. The van der Waals surface area contributed by atoms with Crippen LogP contribution < -0.4 is 5.32 Å². The maximum atomic E-state index is 8.77. The minimum atomic E-state index is 0.540. The van der Waals surface area contributed by atoms with Gasteiger partial charge >= 0.3 is 0 Å². The second kappa shape index (κ2) is 5.70. The maximum Gasteiger partial charge on any atom is 0.100 e. The minimum Gasteiger partial charge on any atom is -0.380 e. The van der Waals surface area contributed by atoms with Gasteiger partial charge in [-0.3, -0.25) is 0 Å². The fourth-order valence-electron chi connectivity index (χ4n) is 1.73. The Morgan fingerprint density at radius 2 is 2.17 bits per heavy atom. The molecule has 0 aliphatic rings. The van der Waals surface area contributed by atoms with Gasteiger partial charge in [0.15, 0.2) is 0 Å². The molecule has 1 heterocycles. The Balaban J connectivity index is 2.02. The lowest BCUT2D eigenvalue weighted by molar-refractivity contribution is 0.866. The topological polar surface area (TPSA) is 35.8 Å². The zero-order valence-corrected chi connectivity index (χ0v) is 11.4. The van der Waals surface area contributed by atoms with Gasteiger partial charge in [-0.15, -0.1) is 11.3 Å². The van der Waals surface area contributed by atoms with Crippen LogP contribution in [0.2, 0.25) is 0 Å². The second-order valence-corrected chi connectivity index (χ2v) is 5.54. The van der Waals surface area contributed by atoms with Crippen LogP contribution in [0.15, 0.2) is 35.7 Å². The molecule has 18 heavy (non-hydrogen) atoms. The van der Waals surface area contributed by atoms with Crippen molar-refractivity contribution in [2.45, 2.75) is 26.3 Å². The molecule has 0 fully saturated rings. The molecule has 92 valence electrons. The van der Waals surface area contributed by atoms with E-state index in [4.69, 9.17) is 5.26 Å². The first-order valence-electron chi connectivity index (χ1n) is 6.00. The van der Waals surface area contributed by atoms with E-state index in [-0.39, 0.29) is 0 Å². The molecule has 1 N–H and O–H groups in total. The molecule has 2 rings (SSSR count). The number of hydrogen-bond acceptors (Lipinski definition) is 3. The highest BCUT2D eigenvalue weighted by atomic mass is 32.1. The third kappa shape index (κ3) is 3.12. The van der Waals surface area contributed by atoms with Gasteiger partial charge in [-0.25, -0.2) is 0 Å². The summed E-state index contributed by atoms with van der Waals surface area (Å²) in [5, 5.41) is 14.1. The van der Waals surface area contributed by atoms with E-state index in [0.717, 1.165) is 17.8 Å². The Kier molecular flexibility index (Phi) is 4.01. The first-order chi connectivity index (χ1) is 8.69. The average molecular weight is 256 g/mol. The van der Waals surface area contributed by atoms with Crippen LogP contribution in [0.1, 0.15) is 35.8 Å². The Labute approximate surface area is 112 Å². The quantitative estimate of drug-likeness (QED) is 0.882. The van der Waals surface area contributed by atoms with E-state index in [1.165, 1.54) is 10.4 Å². The van der Waals surface area contributed by atoms with Crippen molar-refractivity contribution in [2.75, 3.05) is 5.32 Å². The lowest BCUT2D eigenvalue weighted by Gasteiger charge is -2.09. The third-order valence-electron chi connectivity index (χ3n) is 2.80. The van der Waals surface area contributed by atoms with E-state index < -0.39 is 0 Å². The number of nitrogens with one attached hydrogen (secondary N) is 1. The molecule has 3 heteroatoms. The molecule has 2 nitrogen and oxygen atoms in total. The lowest BCUT2D eigenvalue weighted by Crippen LogP contribution is -1.98. The number of anilines is 1. The minimum absolute atomic E-state index is 0.540. The van der Waals surface area contributed by atoms with Crippen molar-refractivity contribution in [3.8, 4) is 6.07 Å². The molecule has 0 unspecified atom stereocenters. The molecule has 0 aliphatic carbocycles. The van der Waals surface area contributed by atoms with Crippen LogP contribution in [0, 0.1) is 11.3 Å². The van der Waals surface area contributed by atoms with Gasteiger partial charge < -0.3 is 5.32 Å². The molecule has 0 saturated carbocycles. The zero-order valence-electron chi connectivity index (χ0n) is 10.6. The monoisotopic (exact) mass is 256 g/mol. The van der Waals surface area contributed by atoms with E-state index in [0.29, 0.717) is 5.92 Å². The molecule has 1 aromatic carbocycles. The van der Waals surface area contributed by atoms with Gasteiger partial charge in [-0.05, 0) is 29.7 Å². The number of hydrogen-bond donors (Lipinski definition) is 1. The largest absolute Gasteiger partial charge is 0.380 e. The van der Waals surface area contributed by atoms with E-state index in [1.54, 1.807) is 11.3 Å². The van der Waals surface area contributed by atoms with Crippen LogP contribution in [0.5, 0.6) is 0 Å². The van der Waals surface area contributed by atoms with Crippen molar-refractivity contribution < 1.29 is 0 Å². The highest BCUT2D eigenvalue weighted by molar-refractivity contribution is 7.10. The van der Waals surface area contributed by atoms with Gasteiger partial charge in [0.1, 0.15) is 6.07 Å².